The maximum atomic E-state index is 12.7. The number of hydrogen-bond acceptors (Lipinski definition) is 6. The molecule has 1 amide bonds. The van der Waals surface area contributed by atoms with Crippen LogP contribution in [0.4, 0.5) is 0 Å². The smallest absolute Gasteiger partial charge is 0.336 e. The van der Waals surface area contributed by atoms with Crippen LogP contribution in [-0.2, 0) is 16.1 Å². The third kappa shape index (κ3) is 5.51. The highest BCUT2D eigenvalue weighted by molar-refractivity contribution is 7.98. The zero-order chi connectivity index (χ0) is 21.5. The zero-order valence-corrected chi connectivity index (χ0v) is 17.7. The first-order chi connectivity index (χ1) is 14.5. The Bertz CT molecular complexity index is 1090. The van der Waals surface area contributed by atoms with Gasteiger partial charge in [-0.15, -0.1) is 0 Å². The quantitative estimate of drug-likeness (QED) is 0.438. The van der Waals surface area contributed by atoms with Crippen LogP contribution in [0.15, 0.2) is 63.8 Å². The highest BCUT2D eigenvalue weighted by Crippen LogP contribution is 2.19. The Morgan fingerprint density at radius 1 is 1.13 bits per heavy atom. The molecule has 3 rings (SSSR count). The topological polar surface area (TPSA) is 85.6 Å². The van der Waals surface area contributed by atoms with Gasteiger partial charge < -0.3 is 14.5 Å². The molecule has 156 valence electrons. The predicted octanol–water partition coefficient (Wildman–Crippen LogP) is 3.70. The average Bonchev–Trinajstić information content (AvgIpc) is 2.74. The highest BCUT2D eigenvalue weighted by Gasteiger charge is 2.23. The van der Waals surface area contributed by atoms with Crippen LogP contribution < -0.4 is 10.9 Å². The maximum Gasteiger partial charge on any atom is 0.336 e. The molecular formula is C23H23NO5S. The Morgan fingerprint density at radius 3 is 2.63 bits per heavy atom. The fraction of sp³-hybridized carbons (Fsp3) is 0.261. The number of rotatable bonds is 8. The third-order valence-electron chi connectivity index (χ3n) is 4.59. The van der Waals surface area contributed by atoms with Crippen molar-refractivity contribution in [2.24, 2.45) is 0 Å². The van der Waals surface area contributed by atoms with Crippen LogP contribution in [0.25, 0.3) is 11.0 Å². The lowest BCUT2D eigenvalue weighted by atomic mass is 10.1. The fourth-order valence-electron chi connectivity index (χ4n) is 3.02. The van der Waals surface area contributed by atoms with Gasteiger partial charge in [-0.2, -0.15) is 11.8 Å². The molecule has 7 heteroatoms. The number of amides is 1. The normalized spacial score (nSPS) is 11.8. The summed E-state index contributed by atoms with van der Waals surface area (Å²) in [5, 5.41) is 3.46. The lowest BCUT2D eigenvalue weighted by Crippen LogP contribution is -2.42. The fourth-order valence-corrected chi connectivity index (χ4v) is 3.49. The molecule has 0 aliphatic rings. The molecule has 0 bridgehead atoms. The van der Waals surface area contributed by atoms with Gasteiger partial charge in [0.1, 0.15) is 18.2 Å². The monoisotopic (exact) mass is 425 g/mol. The number of fused-ring (bicyclic) bond motifs is 1. The summed E-state index contributed by atoms with van der Waals surface area (Å²) < 4.78 is 10.7. The van der Waals surface area contributed by atoms with Crippen LogP contribution >= 0.6 is 11.8 Å². The van der Waals surface area contributed by atoms with E-state index in [2.05, 4.69) is 5.32 Å². The molecule has 1 atom stereocenters. The van der Waals surface area contributed by atoms with E-state index in [1.54, 1.807) is 42.1 Å². The average molecular weight is 426 g/mol. The van der Waals surface area contributed by atoms with Crippen molar-refractivity contribution >= 4 is 34.6 Å². The number of esters is 1. The number of carbonyl (C=O) groups is 2. The van der Waals surface area contributed by atoms with Crippen molar-refractivity contribution in [2.45, 2.75) is 26.0 Å². The van der Waals surface area contributed by atoms with Gasteiger partial charge >= 0.3 is 11.6 Å². The van der Waals surface area contributed by atoms with Gasteiger partial charge in [0.25, 0.3) is 5.91 Å². The minimum absolute atomic E-state index is 0.0824. The zero-order valence-electron chi connectivity index (χ0n) is 16.8. The van der Waals surface area contributed by atoms with Gasteiger partial charge in [0, 0.05) is 22.6 Å². The summed E-state index contributed by atoms with van der Waals surface area (Å²) in [6.07, 6.45) is 2.37. The van der Waals surface area contributed by atoms with Crippen LogP contribution in [0.3, 0.4) is 0 Å². The first kappa shape index (κ1) is 21.6. The van der Waals surface area contributed by atoms with Crippen LogP contribution in [0.2, 0.25) is 0 Å². The first-order valence-electron chi connectivity index (χ1n) is 9.53. The van der Waals surface area contributed by atoms with E-state index in [-0.39, 0.29) is 12.5 Å². The molecule has 1 unspecified atom stereocenters. The second-order valence-corrected chi connectivity index (χ2v) is 7.86. The molecule has 30 heavy (non-hydrogen) atoms. The van der Waals surface area contributed by atoms with Gasteiger partial charge in [-0.3, -0.25) is 4.79 Å². The minimum Gasteiger partial charge on any atom is -0.459 e. The number of carbonyl (C=O) groups excluding carboxylic acids is 2. The van der Waals surface area contributed by atoms with E-state index >= 15 is 0 Å². The van der Waals surface area contributed by atoms with E-state index in [1.807, 2.05) is 31.4 Å². The second kappa shape index (κ2) is 10.1. The summed E-state index contributed by atoms with van der Waals surface area (Å²) in [6, 6.07) is 14.8. The third-order valence-corrected chi connectivity index (χ3v) is 5.24. The number of nitrogens with one attached hydrogen (secondary N) is 1. The van der Waals surface area contributed by atoms with Gasteiger partial charge in [0.05, 0.1) is 0 Å². The van der Waals surface area contributed by atoms with Gasteiger partial charge in [0.15, 0.2) is 0 Å². The number of benzene rings is 2. The van der Waals surface area contributed by atoms with Crippen LogP contribution in [0, 0.1) is 6.92 Å². The number of thioether (sulfide) groups is 1. The molecule has 1 N–H and O–H groups in total. The SMILES string of the molecule is CSCCC(NC(=O)c1ccccc1)C(=O)OCc1cc(=O)oc2cc(C)ccc12. The van der Waals surface area contributed by atoms with Crippen molar-refractivity contribution in [3.05, 3.63) is 81.7 Å². The van der Waals surface area contributed by atoms with Gasteiger partial charge in [-0.05, 0) is 49.1 Å². The largest absolute Gasteiger partial charge is 0.459 e. The highest BCUT2D eigenvalue weighted by atomic mass is 32.2. The Kier molecular flexibility index (Phi) is 7.30. The van der Waals surface area contributed by atoms with E-state index in [9.17, 15) is 14.4 Å². The summed E-state index contributed by atoms with van der Waals surface area (Å²) in [7, 11) is 0. The molecule has 1 aromatic heterocycles. The molecule has 1 heterocycles. The van der Waals surface area contributed by atoms with Crippen molar-refractivity contribution in [2.75, 3.05) is 12.0 Å². The van der Waals surface area contributed by atoms with Gasteiger partial charge in [0.2, 0.25) is 0 Å². The van der Waals surface area contributed by atoms with E-state index < -0.39 is 17.6 Å². The molecule has 0 aliphatic heterocycles. The van der Waals surface area contributed by atoms with Crippen molar-refractivity contribution in [3.8, 4) is 0 Å². The predicted molar refractivity (Wildman–Crippen MR) is 118 cm³/mol. The summed E-state index contributed by atoms with van der Waals surface area (Å²) in [4.78, 5) is 37.1. The second-order valence-electron chi connectivity index (χ2n) is 6.87. The molecule has 6 nitrogen and oxygen atoms in total. The Hall–Kier alpha value is -3.06. The number of hydrogen-bond donors (Lipinski definition) is 1. The summed E-state index contributed by atoms with van der Waals surface area (Å²) >= 11 is 1.58. The summed E-state index contributed by atoms with van der Waals surface area (Å²) in [5.41, 5.74) is 1.94. The Morgan fingerprint density at radius 2 is 1.90 bits per heavy atom. The van der Waals surface area contributed by atoms with Crippen molar-refractivity contribution < 1.29 is 18.7 Å². The molecule has 0 saturated heterocycles. The molecule has 0 spiro atoms. The molecular weight excluding hydrogens is 402 g/mol. The number of ether oxygens (including phenoxy) is 1. The Labute approximate surface area is 178 Å². The van der Waals surface area contributed by atoms with Crippen LogP contribution in [0.1, 0.15) is 27.9 Å². The van der Waals surface area contributed by atoms with Crippen molar-refractivity contribution in [3.63, 3.8) is 0 Å². The molecule has 0 fully saturated rings. The Balaban J connectivity index is 1.74. The molecule has 0 radical (unpaired) electrons. The van der Waals surface area contributed by atoms with E-state index in [0.29, 0.717) is 34.3 Å². The molecule has 3 aromatic rings. The maximum absolute atomic E-state index is 12.7. The van der Waals surface area contributed by atoms with Crippen LogP contribution in [-0.4, -0.2) is 29.9 Å². The van der Waals surface area contributed by atoms with E-state index in [1.165, 1.54) is 6.07 Å². The number of aryl methyl sites for hydroxylation is 1. The summed E-state index contributed by atoms with van der Waals surface area (Å²) in [5.74, 6) is -0.187. The van der Waals surface area contributed by atoms with Crippen molar-refractivity contribution in [1.29, 1.82) is 0 Å². The lowest BCUT2D eigenvalue weighted by molar-refractivity contribution is -0.147. The standard InChI is InChI=1S/C23H23NO5S/c1-15-8-9-18-17(13-21(25)29-20(18)12-15)14-28-23(27)19(10-11-30-2)24-22(26)16-6-4-3-5-7-16/h3-9,12-13,19H,10-11,14H2,1-2H3,(H,24,26). The van der Waals surface area contributed by atoms with Gasteiger partial charge in [-0.25, -0.2) is 9.59 Å². The first-order valence-corrected chi connectivity index (χ1v) is 10.9. The van der Waals surface area contributed by atoms with Gasteiger partial charge in [-0.1, -0.05) is 30.3 Å². The molecule has 0 aliphatic carbocycles. The van der Waals surface area contributed by atoms with Crippen LogP contribution in [0.5, 0.6) is 0 Å². The molecule has 2 aromatic carbocycles. The molecule has 0 saturated carbocycles. The summed E-state index contributed by atoms with van der Waals surface area (Å²) in [6.45, 7) is 1.82. The lowest BCUT2D eigenvalue weighted by Gasteiger charge is -2.18. The van der Waals surface area contributed by atoms with Crippen molar-refractivity contribution in [1.82, 2.24) is 5.32 Å². The van der Waals surface area contributed by atoms with E-state index in [0.717, 1.165) is 5.56 Å². The minimum atomic E-state index is -0.779. The van der Waals surface area contributed by atoms with E-state index in [4.69, 9.17) is 9.15 Å².